The van der Waals surface area contributed by atoms with Crippen molar-refractivity contribution in [1.82, 2.24) is 9.78 Å². The Morgan fingerprint density at radius 3 is 2.75 bits per heavy atom. The minimum absolute atomic E-state index is 0.0339. The van der Waals surface area contributed by atoms with Crippen molar-refractivity contribution in [1.29, 1.82) is 0 Å². The number of nitrogen functional groups attached to an aromatic ring is 1. The monoisotopic (exact) mass is 390 g/mol. The van der Waals surface area contributed by atoms with Gasteiger partial charge in [-0.2, -0.15) is 13.9 Å². The SMILES string of the molecule is Cc1ccc(-c2cc(N)c(=O)n(CC(=O)Nc3ccccc3OC(F)F)n2)o1. The van der Waals surface area contributed by atoms with Crippen molar-refractivity contribution < 1.29 is 22.7 Å². The molecular formula is C18H16F2N4O4. The Labute approximate surface area is 157 Å². The van der Waals surface area contributed by atoms with Gasteiger partial charge < -0.3 is 20.2 Å². The maximum atomic E-state index is 12.5. The van der Waals surface area contributed by atoms with Crippen molar-refractivity contribution in [3.63, 3.8) is 0 Å². The third-order valence-electron chi connectivity index (χ3n) is 3.67. The van der Waals surface area contributed by atoms with Crippen molar-refractivity contribution in [2.24, 2.45) is 0 Å². The van der Waals surface area contributed by atoms with E-state index in [1.54, 1.807) is 19.1 Å². The smallest absolute Gasteiger partial charge is 0.387 e. The van der Waals surface area contributed by atoms with Gasteiger partial charge in [0.1, 0.15) is 29.4 Å². The number of rotatable bonds is 6. The van der Waals surface area contributed by atoms with Gasteiger partial charge in [0.2, 0.25) is 5.91 Å². The van der Waals surface area contributed by atoms with E-state index in [2.05, 4.69) is 15.2 Å². The molecule has 8 nitrogen and oxygen atoms in total. The molecule has 2 heterocycles. The van der Waals surface area contributed by atoms with Crippen LogP contribution < -0.4 is 21.3 Å². The number of nitrogens with two attached hydrogens (primary N) is 1. The molecule has 3 N–H and O–H groups in total. The van der Waals surface area contributed by atoms with Crippen LogP contribution in [0.25, 0.3) is 11.5 Å². The molecule has 0 aliphatic rings. The molecule has 10 heteroatoms. The number of furan rings is 1. The zero-order valence-corrected chi connectivity index (χ0v) is 14.7. The Morgan fingerprint density at radius 2 is 2.07 bits per heavy atom. The molecule has 3 rings (SSSR count). The minimum Gasteiger partial charge on any atom is -0.460 e. The Hall–Kier alpha value is -3.69. The molecule has 0 fully saturated rings. The summed E-state index contributed by atoms with van der Waals surface area (Å²) in [4.78, 5) is 24.5. The average Bonchev–Trinajstić information content (AvgIpc) is 3.06. The Morgan fingerprint density at radius 1 is 1.32 bits per heavy atom. The Bertz CT molecular complexity index is 1060. The van der Waals surface area contributed by atoms with E-state index in [1.165, 1.54) is 30.3 Å². The highest BCUT2D eigenvalue weighted by atomic mass is 19.3. The highest BCUT2D eigenvalue weighted by molar-refractivity contribution is 5.92. The van der Waals surface area contributed by atoms with Gasteiger partial charge in [-0.05, 0) is 37.3 Å². The minimum atomic E-state index is -3.05. The molecular weight excluding hydrogens is 374 g/mol. The zero-order valence-electron chi connectivity index (χ0n) is 14.7. The van der Waals surface area contributed by atoms with Crippen molar-refractivity contribution in [3.05, 3.63) is 58.6 Å². The van der Waals surface area contributed by atoms with Gasteiger partial charge >= 0.3 is 6.61 Å². The fourth-order valence-corrected chi connectivity index (χ4v) is 2.46. The molecule has 146 valence electrons. The van der Waals surface area contributed by atoms with Gasteiger partial charge in [0.15, 0.2) is 5.76 Å². The molecule has 0 unspecified atom stereocenters. The van der Waals surface area contributed by atoms with Crippen molar-refractivity contribution in [2.75, 3.05) is 11.1 Å². The van der Waals surface area contributed by atoms with Crippen LogP contribution in [0.1, 0.15) is 5.76 Å². The molecule has 1 amide bonds. The second kappa shape index (κ2) is 7.91. The van der Waals surface area contributed by atoms with E-state index in [4.69, 9.17) is 10.2 Å². The topological polar surface area (TPSA) is 112 Å². The summed E-state index contributed by atoms with van der Waals surface area (Å²) < 4.78 is 35.6. The number of anilines is 2. The Kier molecular flexibility index (Phi) is 5.39. The van der Waals surface area contributed by atoms with Crippen molar-refractivity contribution in [3.8, 4) is 17.2 Å². The second-order valence-electron chi connectivity index (χ2n) is 5.78. The first-order chi connectivity index (χ1) is 13.3. The fourth-order valence-electron chi connectivity index (χ4n) is 2.46. The average molecular weight is 390 g/mol. The van der Waals surface area contributed by atoms with E-state index < -0.39 is 24.6 Å². The Balaban J connectivity index is 1.83. The van der Waals surface area contributed by atoms with E-state index in [-0.39, 0.29) is 22.8 Å². The highest BCUT2D eigenvalue weighted by Gasteiger charge is 2.15. The number of aromatic nitrogens is 2. The molecule has 0 saturated carbocycles. The van der Waals surface area contributed by atoms with Gasteiger partial charge in [-0.25, -0.2) is 4.68 Å². The van der Waals surface area contributed by atoms with Crippen LogP contribution >= 0.6 is 0 Å². The maximum absolute atomic E-state index is 12.5. The van der Waals surface area contributed by atoms with Crippen molar-refractivity contribution in [2.45, 2.75) is 20.1 Å². The third kappa shape index (κ3) is 4.34. The van der Waals surface area contributed by atoms with Crippen LogP contribution in [0.5, 0.6) is 5.75 Å². The summed E-state index contributed by atoms with van der Waals surface area (Å²) in [6.45, 7) is -1.79. The van der Waals surface area contributed by atoms with E-state index in [9.17, 15) is 18.4 Å². The van der Waals surface area contributed by atoms with E-state index in [0.717, 1.165) is 4.68 Å². The van der Waals surface area contributed by atoms with Crippen LogP contribution in [0.3, 0.4) is 0 Å². The van der Waals surface area contributed by atoms with E-state index in [1.807, 2.05) is 0 Å². The van der Waals surface area contributed by atoms with E-state index >= 15 is 0 Å². The molecule has 0 atom stereocenters. The summed E-state index contributed by atoms with van der Waals surface area (Å²) in [6.07, 6.45) is 0. The first kappa shape index (κ1) is 19.1. The summed E-state index contributed by atoms with van der Waals surface area (Å²) in [6, 6.07) is 10.4. The standard InChI is InChI=1S/C18H16F2N4O4/c1-10-6-7-15(27-10)13-8-11(21)17(26)24(23-13)9-16(25)22-12-4-2-3-5-14(12)28-18(19)20/h2-8,18H,9,21H2,1H3,(H,22,25). The van der Waals surface area contributed by atoms with Gasteiger partial charge in [0.25, 0.3) is 5.56 Å². The number of benzene rings is 1. The third-order valence-corrected chi connectivity index (χ3v) is 3.67. The normalized spacial score (nSPS) is 10.9. The number of ether oxygens (including phenoxy) is 1. The van der Waals surface area contributed by atoms with Gasteiger partial charge in [-0.15, -0.1) is 0 Å². The maximum Gasteiger partial charge on any atom is 0.387 e. The van der Waals surface area contributed by atoms with Crippen LogP contribution in [-0.4, -0.2) is 22.3 Å². The molecule has 0 radical (unpaired) electrons. The quantitative estimate of drug-likeness (QED) is 0.669. The fraction of sp³-hybridized carbons (Fsp3) is 0.167. The molecule has 2 aromatic heterocycles. The predicted octanol–water partition coefficient (Wildman–Crippen LogP) is 2.63. The lowest BCUT2D eigenvalue weighted by molar-refractivity contribution is -0.117. The summed E-state index contributed by atoms with van der Waals surface area (Å²) in [7, 11) is 0. The molecule has 1 aromatic carbocycles. The van der Waals surface area contributed by atoms with Crippen LogP contribution in [-0.2, 0) is 11.3 Å². The van der Waals surface area contributed by atoms with Crippen LogP contribution in [0.2, 0.25) is 0 Å². The van der Waals surface area contributed by atoms with Gasteiger partial charge in [0.05, 0.1) is 5.69 Å². The number of nitrogens with zero attached hydrogens (tertiary/aromatic N) is 2. The molecule has 0 aliphatic carbocycles. The zero-order chi connectivity index (χ0) is 20.3. The number of nitrogens with one attached hydrogen (secondary N) is 1. The summed E-state index contributed by atoms with van der Waals surface area (Å²) in [5.74, 6) is 0.146. The van der Waals surface area contributed by atoms with Crippen molar-refractivity contribution >= 4 is 17.3 Å². The first-order valence-electron chi connectivity index (χ1n) is 8.11. The number of carbonyl (C=O) groups is 1. The highest BCUT2D eigenvalue weighted by Crippen LogP contribution is 2.25. The number of halogens is 2. The second-order valence-corrected chi connectivity index (χ2v) is 5.78. The number of hydrogen-bond acceptors (Lipinski definition) is 6. The summed E-state index contributed by atoms with van der Waals surface area (Å²) in [5, 5.41) is 6.50. The molecule has 0 saturated heterocycles. The number of para-hydroxylation sites is 2. The summed E-state index contributed by atoms with van der Waals surface area (Å²) in [5.41, 5.74) is 5.25. The summed E-state index contributed by atoms with van der Waals surface area (Å²) >= 11 is 0. The number of amides is 1. The predicted molar refractivity (Wildman–Crippen MR) is 97.1 cm³/mol. The van der Waals surface area contributed by atoms with Gasteiger partial charge in [-0.3, -0.25) is 9.59 Å². The lowest BCUT2D eigenvalue weighted by atomic mass is 10.3. The lowest BCUT2D eigenvalue weighted by Crippen LogP contribution is -2.31. The molecule has 28 heavy (non-hydrogen) atoms. The molecule has 0 spiro atoms. The lowest BCUT2D eigenvalue weighted by Gasteiger charge is -2.12. The number of hydrogen-bond donors (Lipinski definition) is 2. The van der Waals surface area contributed by atoms with Gasteiger partial charge in [0, 0.05) is 0 Å². The van der Waals surface area contributed by atoms with E-state index in [0.29, 0.717) is 11.5 Å². The number of carbonyl (C=O) groups excluding carboxylic acids is 1. The van der Waals surface area contributed by atoms with Crippen LogP contribution in [0.4, 0.5) is 20.2 Å². The van der Waals surface area contributed by atoms with Crippen LogP contribution in [0.15, 0.2) is 51.7 Å². The number of alkyl halides is 2. The van der Waals surface area contributed by atoms with Crippen LogP contribution in [0, 0.1) is 6.92 Å². The van der Waals surface area contributed by atoms with Gasteiger partial charge in [-0.1, -0.05) is 12.1 Å². The largest absolute Gasteiger partial charge is 0.460 e. The molecule has 3 aromatic rings. The molecule has 0 bridgehead atoms. The number of aryl methyl sites for hydroxylation is 1. The first-order valence-corrected chi connectivity index (χ1v) is 8.11. The molecule has 0 aliphatic heterocycles.